The van der Waals surface area contributed by atoms with Gasteiger partial charge in [-0.25, -0.2) is 0 Å². The molecule has 4 nitrogen and oxygen atoms in total. The highest BCUT2D eigenvalue weighted by Crippen LogP contribution is 2.33. The standard InChI is InChI=1S/C19H21N3OS/c1-4-18(23)21-19-12(2)7-15(8-13(19)3)22-6-5-17-14(11-22)9-16(10-20)24-17/h7-9H,4-6,11H2,1-3H3,(H,21,23). The van der Waals surface area contributed by atoms with Gasteiger partial charge in [-0.2, -0.15) is 5.26 Å². The van der Waals surface area contributed by atoms with E-state index in [0.717, 1.165) is 41.2 Å². The predicted octanol–water partition coefficient (Wildman–Crippen LogP) is 4.15. The summed E-state index contributed by atoms with van der Waals surface area (Å²) in [6, 6.07) is 8.54. The number of thiophene rings is 1. The van der Waals surface area contributed by atoms with E-state index in [-0.39, 0.29) is 5.91 Å². The van der Waals surface area contributed by atoms with Crippen molar-refractivity contribution in [2.75, 3.05) is 16.8 Å². The van der Waals surface area contributed by atoms with Crippen molar-refractivity contribution in [3.63, 3.8) is 0 Å². The van der Waals surface area contributed by atoms with E-state index in [0.29, 0.717) is 6.42 Å². The van der Waals surface area contributed by atoms with E-state index in [9.17, 15) is 4.79 Å². The molecule has 1 aromatic heterocycles. The molecule has 0 saturated carbocycles. The summed E-state index contributed by atoms with van der Waals surface area (Å²) in [5, 5.41) is 12.1. The van der Waals surface area contributed by atoms with Gasteiger partial charge < -0.3 is 10.2 Å². The van der Waals surface area contributed by atoms with Gasteiger partial charge >= 0.3 is 0 Å². The van der Waals surface area contributed by atoms with Crippen LogP contribution < -0.4 is 10.2 Å². The number of hydrogen-bond donors (Lipinski definition) is 1. The first-order chi connectivity index (χ1) is 11.5. The van der Waals surface area contributed by atoms with Crippen LogP contribution in [0.2, 0.25) is 0 Å². The molecule has 1 amide bonds. The number of hydrogen-bond acceptors (Lipinski definition) is 4. The molecular weight excluding hydrogens is 318 g/mol. The van der Waals surface area contributed by atoms with Gasteiger partial charge in [0.25, 0.3) is 0 Å². The molecule has 2 aromatic rings. The van der Waals surface area contributed by atoms with Crippen molar-refractivity contribution in [1.29, 1.82) is 5.26 Å². The monoisotopic (exact) mass is 339 g/mol. The topological polar surface area (TPSA) is 56.1 Å². The lowest BCUT2D eigenvalue weighted by Crippen LogP contribution is -2.29. The van der Waals surface area contributed by atoms with Gasteiger partial charge in [0, 0.05) is 35.8 Å². The molecule has 0 unspecified atom stereocenters. The quantitative estimate of drug-likeness (QED) is 0.914. The number of carbonyl (C=O) groups is 1. The molecule has 24 heavy (non-hydrogen) atoms. The number of aryl methyl sites for hydroxylation is 2. The van der Waals surface area contributed by atoms with E-state index < -0.39 is 0 Å². The summed E-state index contributed by atoms with van der Waals surface area (Å²) in [5.41, 5.74) is 5.53. The zero-order valence-corrected chi connectivity index (χ0v) is 15.1. The van der Waals surface area contributed by atoms with Crippen molar-refractivity contribution in [3.8, 4) is 6.07 Å². The molecule has 124 valence electrons. The Hall–Kier alpha value is -2.32. The normalized spacial score (nSPS) is 13.3. The van der Waals surface area contributed by atoms with Crippen LogP contribution >= 0.6 is 11.3 Å². The molecular formula is C19H21N3OS. The van der Waals surface area contributed by atoms with Gasteiger partial charge in [0.05, 0.1) is 0 Å². The summed E-state index contributed by atoms with van der Waals surface area (Å²) >= 11 is 1.62. The number of amides is 1. The fourth-order valence-electron chi connectivity index (χ4n) is 3.16. The molecule has 2 heterocycles. The lowest BCUT2D eigenvalue weighted by Gasteiger charge is -2.30. The lowest BCUT2D eigenvalue weighted by molar-refractivity contribution is -0.115. The van der Waals surface area contributed by atoms with Crippen LogP contribution in [-0.4, -0.2) is 12.5 Å². The van der Waals surface area contributed by atoms with Gasteiger partial charge in [-0.3, -0.25) is 4.79 Å². The third-order valence-electron chi connectivity index (χ3n) is 4.44. The molecule has 1 aliphatic rings. The Morgan fingerprint density at radius 3 is 2.67 bits per heavy atom. The van der Waals surface area contributed by atoms with Crippen LogP contribution in [0.25, 0.3) is 0 Å². The highest BCUT2D eigenvalue weighted by molar-refractivity contribution is 7.12. The molecule has 0 fully saturated rings. The predicted molar refractivity (Wildman–Crippen MR) is 98.6 cm³/mol. The Bertz CT molecular complexity index is 809. The number of fused-ring (bicyclic) bond motifs is 1. The van der Waals surface area contributed by atoms with Crippen LogP contribution in [0.15, 0.2) is 18.2 Å². The van der Waals surface area contributed by atoms with E-state index >= 15 is 0 Å². The van der Waals surface area contributed by atoms with E-state index in [1.807, 2.05) is 26.8 Å². The molecule has 1 aromatic carbocycles. The molecule has 0 radical (unpaired) electrons. The second kappa shape index (κ2) is 6.66. The average Bonchev–Trinajstić information content (AvgIpc) is 2.99. The average molecular weight is 339 g/mol. The molecule has 1 aliphatic heterocycles. The molecule has 0 atom stereocenters. The van der Waals surface area contributed by atoms with Crippen LogP contribution in [0.4, 0.5) is 11.4 Å². The summed E-state index contributed by atoms with van der Waals surface area (Å²) in [7, 11) is 0. The second-order valence-corrected chi connectivity index (χ2v) is 7.34. The number of nitriles is 1. The maximum Gasteiger partial charge on any atom is 0.224 e. The van der Waals surface area contributed by atoms with Gasteiger partial charge in [0.15, 0.2) is 0 Å². The van der Waals surface area contributed by atoms with Crippen LogP contribution in [-0.2, 0) is 17.8 Å². The Balaban J connectivity index is 1.86. The van der Waals surface area contributed by atoms with Crippen molar-refractivity contribution in [2.24, 2.45) is 0 Å². The molecule has 0 saturated heterocycles. The van der Waals surface area contributed by atoms with Crippen LogP contribution in [0.1, 0.15) is 39.8 Å². The molecule has 0 spiro atoms. The van der Waals surface area contributed by atoms with E-state index in [1.165, 1.54) is 16.1 Å². The SMILES string of the molecule is CCC(=O)Nc1c(C)cc(N2CCc3sc(C#N)cc3C2)cc1C. The lowest BCUT2D eigenvalue weighted by atomic mass is 10.0. The number of nitrogens with zero attached hydrogens (tertiary/aromatic N) is 2. The second-order valence-electron chi connectivity index (χ2n) is 6.20. The first-order valence-corrected chi connectivity index (χ1v) is 9.01. The highest BCUT2D eigenvalue weighted by atomic mass is 32.1. The summed E-state index contributed by atoms with van der Waals surface area (Å²) in [6.45, 7) is 7.73. The fourth-order valence-corrected chi connectivity index (χ4v) is 4.12. The van der Waals surface area contributed by atoms with Gasteiger partial charge in [0.2, 0.25) is 5.91 Å². The maximum absolute atomic E-state index is 11.7. The molecule has 0 aliphatic carbocycles. The van der Waals surface area contributed by atoms with E-state index in [2.05, 4.69) is 28.4 Å². The highest BCUT2D eigenvalue weighted by Gasteiger charge is 2.20. The molecule has 5 heteroatoms. The van der Waals surface area contributed by atoms with Crippen LogP contribution in [0.5, 0.6) is 0 Å². The van der Waals surface area contributed by atoms with Gasteiger partial charge in [-0.1, -0.05) is 6.92 Å². The van der Waals surface area contributed by atoms with E-state index in [4.69, 9.17) is 5.26 Å². The Kier molecular flexibility index (Phi) is 4.59. The van der Waals surface area contributed by atoms with Crippen molar-refractivity contribution in [2.45, 2.75) is 40.2 Å². The number of carbonyl (C=O) groups excluding carboxylic acids is 1. The minimum absolute atomic E-state index is 0.0406. The Labute approximate surface area is 146 Å². The smallest absolute Gasteiger partial charge is 0.224 e. The van der Waals surface area contributed by atoms with E-state index in [1.54, 1.807) is 11.3 Å². The van der Waals surface area contributed by atoms with Gasteiger partial charge in [-0.05, 0) is 55.2 Å². The zero-order chi connectivity index (χ0) is 17.3. The summed E-state index contributed by atoms with van der Waals surface area (Å²) in [5.74, 6) is 0.0406. The fraction of sp³-hybridized carbons (Fsp3) is 0.368. The largest absolute Gasteiger partial charge is 0.367 e. The van der Waals surface area contributed by atoms with Gasteiger partial charge in [0.1, 0.15) is 10.9 Å². The summed E-state index contributed by atoms with van der Waals surface area (Å²) in [6.07, 6.45) is 1.46. The number of anilines is 2. The maximum atomic E-state index is 11.7. The number of benzene rings is 1. The minimum Gasteiger partial charge on any atom is -0.367 e. The van der Waals surface area contributed by atoms with Crippen molar-refractivity contribution in [1.82, 2.24) is 0 Å². The van der Waals surface area contributed by atoms with Crippen LogP contribution in [0.3, 0.4) is 0 Å². The van der Waals surface area contributed by atoms with Crippen molar-refractivity contribution >= 4 is 28.6 Å². The van der Waals surface area contributed by atoms with Gasteiger partial charge in [-0.15, -0.1) is 11.3 Å². The first kappa shape index (κ1) is 16.5. The molecule has 1 N–H and O–H groups in total. The summed E-state index contributed by atoms with van der Waals surface area (Å²) in [4.78, 5) is 16.2. The summed E-state index contributed by atoms with van der Waals surface area (Å²) < 4.78 is 0. The zero-order valence-electron chi connectivity index (χ0n) is 14.3. The third kappa shape index (κ3) is 3.15. The number of rotatable bonds is 3. The number of nitrogens with one attached hydrogen (secondary N) is 1. The molecule has 0 bridgehead atoms. The molecule has 3 rings (SSSR count). The van der Waals surface area contributed by atoms with Crippen molar-refractivity contribution in [3.05, 3.63) is 44.6 Å². The first-order valence-electron chi connectivity index (χ1n) is 8.19. The third-order valence-corrected chi connectivity index (χ3v) is 5.59. The Morgan fingerprint density at radius 2 is 2.04 bits per heavy atom. The minimum atomic E-state index is 0.0406. The Morgan fingerprint density at radius 1 is 1.33 bits per heavy atom. The van der Waals surface area contributed by atoms with Crippen molar-refractivity contribution < 1.29 is 4.79 Å². The van der Waals surface area contributed by atoms with Crippen LogP contribution in [0, 0.1) is 25.2 Å².